The zero-order chi connectivity index (χ0) is 17.8. The van der Waals surface area contributed by atoms with Gasteiger partial charge in [0.1, 0.15) is 5.82 Å². The number of nitrogens with one attached hydrogen (secondary N) is 2. The van der Waals surface area contributed by atoms with Gasteiger partial charge in [0, 0.05) is 18.5 Å². The number of ether oxygens (including phenoxy) is 1. The Morgan fingerprint density at radius 1 is 1.29 bits per heavy atom. The summed E-state index contributed by atoms with van der Waals surface area (Å²) in [5.41, 5.74) is -1.07. The van der Waals surface area contributed by atoms with Crippen LogP contribution in [-0.2, 0) is 17.5 Å². The Balaban J connectivity index is 2.10. The van der Waals surface area contributed by atoms with Crippen LogP contribution >= 0.6 is 0 Å². The number of benzene rings is 1. The van der Waals surface area contributed by atoms with Crippen LogP contribution in [0.2, 0.25) is 0 Å². The lowest BCUT2D eigenvalue weighted by molar-refractivity contribution is -0.138. The molecule has 8 heteroatoms. The number of halogens is 4. The topological polar surface area (TPSA) is 45.7 Å². The van der Waals surface area contributed by atoms with Crippen LogP contribution in [0.15, 0.2) is 23.2 Å². The normalized spacial score (nSPS) is 17.3. The Morgan fingerprint density at radius 3 is 2.54 bits per heavy atom. The second-order valence-electron chi connectivity index (χ2n) is 6.15. The lowest BCUT2D eigenvalue weighted by Gasteiger charge is -2.38. The molecule has 0 amide bonds. The molecule has 0 bridgehead atoms. The molecular formula is C16H21F4N3O. The molecule has 2 N–H and O–H groups in total. The van der Waals surface area contributed by atoms with Crippen molar-refractivity contribution in [3.8, 4) is 0 Å². The first-order chi connectivity index (χ1) is 11.2. The van der Waals surface area contributed by atoms with E-state index in [4.69, 9.17) is 4.74 Å². The molecule has 0 aliphatic carbocycles. The molecule has 24 heavy (non-hydrogen) atoms. The van der Waals surface area contributed by atoms with Crippen LogP contribution in [0.3, 0.4) is 0 Å². The SMILES string of the molecule is CCNC(=NCc1ccc(F)cc1C(F)(F)F)NCC1(C)COC1. The molecule has 0 spiro atoms. The van der Waals surface area contributed by atoms with Gasteiger partial charge >= 0.3 is 6.18 Å². The zero-order valence-corrected chi connectivity index (χ0v) is 13.6. The van der Waals surface area contributed by atoms with Crippen LogP contribution in [0.25, 0.3) is 0 Å². The number of guanidine groups is 1. The Morgan fingerprint density at radius 2 is 2.00 bits per heavy atom. The molecule has 1 aliphatic heterocycles. The van der Waals surface area contributed by atoms with E-state index in [0.717, 1.165) is 12.1 Å². The largest absolute Gasteiger partial charge is 0.416 e. The van der Waals surface area contributed by atoms with Gasteiger partial charge in [-0.1, -0.05) is 13.0 Å². The minimum Gasteiger partial charge on any atom is -0.380 e. The molecule has 0 radical (unpaired) electrons. The van der Waals surface area contributed by atoms with Crippen molar-refractivity contribution < 1.29 is 22.3 Å². The predicted octanol–water partition coefficient (Wildman–Crippen LogP) is 2.94. The van der Waals surface area contributed by atoms with Gasteiger partial charge in [-0.2, -0.15) is 13.2 Å². The Kier molecular flexibility index (Phi) is 5.69. The molecule has 1 heterocycles. The van der Waals surface area contributed by atoms with E-state index in [1.807, 2.05) is 6.92 Å². The fourth-order valence-electron chi connectivity index (χ4n) is 2.31. The van der Waals surface area contributed by atoms with Gasteiger partial charge in [0.25, 0.3) is 0 Å². The van der Waals surface area contributed by atoms with Crippen LogP contribution < -0.4 is 10.6 Å². The first kappa shape index (κ1) is 18.5. The fraction of sp³-hybridized carbons (Fsp3) is 0.562. The highest BCUT2D eigenvalue weighted by Crippen LogP contribution is 2.32. The van der Waals surface area contributed by atoms with E-state index in [0.29, 0.717) is 38.3 Å². The summed E-state index contributed by atoms with van der Waals surface area (Å²) < 4.78 is 57.3. The predicted molar refractivity (Wildman–Crippen MR) is 83.1 cm³/mol. The van der Waals surface area contributed by atoms with Gasteiger partial charge in [0.05, 0.1) is 25.3 Å². The Bertz CT molecular complexity index is 597. The number of alkyl halides is 3. The van der Waals surface area contributed by atoms with Crippen molar-refractivity contribution in [3.05, 3.63) is 35.1 Å². The summed E-state index contributed by atoms with van der Waals surface area (Å²) >= 11 is 0. The number of aliphatic imine (C=N–C) groups is 1. The Labute approximate surface area is 138 Å². The summed E-state index contributed by atoms with van der Waals surface area (Å²) in [6.07, 6.45) is -4.62. The number of nitrogens with zero attached hydrogens (tertiary/aromatic N) is 1. The molecule has 0 unspecified atom stereocenters. The van der Waals surface area contributed by atoms with Gasteiger partial charge in [0.2, 0.25) is 0 Å². The third-order valence-electron chi connectivity index (χ3n) is 3.71. The third kappa shape index (κ3) is 4.83. The molecule has 1 aliphatic rings. The lowest BCUT2D eigenvalue weighted by atomic mass is 9.89. The van der Waals surface area contributed by atoms with Crippen molar-refractivity contribution in [1.82, 2.24) is 10.6 Å². The van der Waals surface area contributed by atoms with Gasteiger partial charge in [-0.25, -0.2) is 9.38 Å². The van der Waals surface area contributed by atoms with Crippen molar-refractivity contribution in [2.24, 2.45) is 10.4 Å². The second-order valence-corrected chi connectivity index (χ2v) is 6.15. The van der Waals surface area contributed by atoms with Gasteiger partial charge < -0.3 is 15.4 Å². The molecule has 1 aromatic rings. The molecule has 134 valence electrons. The highest BCUT2D eigenvalue weighted by molar-refractivity contribution is 5.79. The number of hydrogen-bond donors (Lipinski definition) is 2. The van der Waals surface area contributed by atoms with E-state index < -0.39 is 17.6 Å². The highest BCUT2D eigenvalue weighted by Gasteiger charge is 2.34. The van der Waals surface area contributed by atoms with Crippen LogP contribution in [0.4, 0.5) is 17.6 Å². The molecular weight excluding hydrogens is 326 g/mol. The third-order valence-corrected chi connectivity index (χ3v) is 3.71. The minimum absolute atomic E-state index is 0.00317. The van der Waals surface area contributed by atoms with E-state index in [1.54, 1.807) is 0 Å². The van der Waals surface area contributed by atoms with Gasteiger partial charge in [-0.15, -0.1) is 0 Å². The standard InChI is InChI=1S/C16H21F4N3O/c1-3-21-14(23-8-15(2)9-24-10-15)22-7-11-4-5-12(17)6-13(11)16(18,19)20/h4-6H,3,7-10H2,1-2H3,(H2,21,22,23). The molecule has 4 nitrogen and oxygen atoms in total. The maximum atomic E-state index is 13.1. The molecule has 1 fully saturated rings. The summed E-state index contributed by atoms with van der Waals surface area (Å²) in [7, 11) is 0. The maximum Gasteiger partial charge on any atom is 0.416 e. The van der Waals surface area contributed by atoms with E-state index in [9.17, 15) is 17.6 Å². The summed E-state index contributed by atoms with van der Waals surface area (Å²) in [5.74, 6) is -0.499. The van der Waals surface area contributed by atoms with Crippen LogP contribution in [0, 0.1) is 11.2 Å². The highest BCUT2D eigenvalue weighted by atomic mass is 19.4. The van der Waals surface area contributed by atoms with E-state index in [2.05, 4.69) is 22.5 Å². The first-order valence-corrected chi connectivity index (χ1v) is 7.69. The van der Waals surface area contributed by atoms with Crippen LogP contribution in [-0.4, -0.2) is 32.3 Å². The quantitative estimate of drug-likeness (QED) is 0.489. The summed E-state index contributed by atoms with van der Waals surface area (Å²) in [5, 5.41) is 6.09. The number of hydrogen-bond acceptors (Lipinski definition) is 2. The molecule has 0 aromatic heterocycles. The summed E-state index contributed by atoms with van der Waals surface area (Å²) in [4.78, 5) is 4.18. The van der Waals surface area contributed by atoms with Crippen molar-refractivity contribution in [2.45, 2.75) is 26.6 Å². The second kappa shape index (κ2) is 7.38. The minimum atomic E-state index is -4.62. The van der Waals surface area contributed by atoms with Crippen LogP contribution in [0.1, 0.15) is 25.0 Å². The van der Waals surface area contributed by atoms with Gasteiger partial charge in [-0.05, 0) is 24.6 Å². The van der Waals surface area contributed by atoms with Crippen molar-refractivity contribution in [1.29, 1.82) is 0 Å². The number of rotatable bonds is 5. The maximum absolute atomic E-state index is 13.1. The summed E-state index contributed by atoms with van der Waals surface area (Å²) in [6, 6.07) is 2.62. The Hall–Kier alpha value is -1.83. The fourth-order valence-corrected chi connectivity index (χ4v) is 2.31. The first-order valence-electron chi connectivity index (χ1n) is 7.69. The summed E-state index contributed by atoms with van der Waals surface area (Å²) in [6.45, 7) is 6.17. The molecule has 0 atom stereocenters. The molecule has 1 aromatic carbocycles. The van der Waals surface area contributed by atoms with Crippen molar-refractivity contribution in [3.63, 3.8) is 0 Å². The monoisotopic (exact) mass is 347 g/mol. The molecule has 0 saturated carbocycles. The smallest absolute Gasteiger partial charge is 0.380 e. The molecule has 2 rings (SSSR count). The average Bonchev–Trinajstić information content (AvgIpc) is 2.48. The van der Waals surface area contributed by atoms with E-state index >= 15 is 0 Å². The van der Waals surface area contributed by atoms with Gasteiger partial charge in [0.15, 0.2) is 5.96 Å². The molecule has 1 saturated heterocycles. The van der Waals surface area contributed by atoms with Gasteiger partial charge in [-0.3, -0.25) is 0 Å². The average molecular weight is 347 g/mol. The van der Waals surface area contributed by atoms with Crippen molar-refractivity contribution in [2.75, 3.05) is 26.3 Å². The lowest BCUT2D eigenvalue weighted by Crippen LogP contribution is -2.51. The van der Waals surface area contributed by atoms with Crippen LogP contribution in [0.5, 0.6) is 0 Å². The zero-order valence-electron chi connectivity index (χ0n) is 13.6. The van der Waals surface area contributed by atoms with Crippen molar-refractivity contribution >= 4 is 5.96 Å². The van der Waals surface area contributed by atoms with E-state index in [1.165, 1.54) is 0 Å². The van der Waals surface area contributed by atoms with E-state index in [-0.39, 0.29) is 17.5 Å².